The number of nitrogen functional groups attached to an aromatic ring is 1. The first-order chi connectivity index (χ1) is 8.27. The Morgan fingerprint density at radius 2 is 2.53 bits per heavy atom. The van der Waals surface area contributed by atoms with Crippen molar-refractivity contribution in [3.8, 4) is 11.8 Å². The highest BCUT2D eigenvalue weighted by Gasteiger charge is 2.16. The molecule has 1 fully saturated rings. The molecule has 2 N–H and O–H groups in total. The second-order valence-corrected chi connectivity index (χ2v) is 4.13. The Bertz CT molecular complexity index is 436. The SMILES string of the molecule is CC1COCCN1CC#Cc1cccnc1N. The van der Waals surface area contributed by atoms with E-state index in [0.29, 0.717) is 11.9 Å². The number of nitrogens with zero attached hydrogens (tertiary/aromatic N) is 2. The van der Waals surface area contributed by atoms with Crippen molar-refractivity contribution in [2.45, 2.75) is 13.0 Å². The summed E-state index contributed by atoms with van der Waals surface area (Å²) in [5.74, 6) is 6.70. The minimum Gasteiger partial charge on any atom is -0.383 e. The van der Waals surface area contributed by atoms with Gasteiger partial charge in [0.15, 0.2) is 0 Å². The number of ether oxygens (including phenoxy) is 1. The maximum Gasteiger partial charge on any atom is 0.139 e. The van der Waals surface area contributed by atoms with Gasteiger partial charge in [-0.25, -0.2) is 4.98 Å². The van der Waals surface area contributed by atoms with Crippen LogP contribution in [0, 0.1) is 11.8 Å². The second kappa shape index (κ2) is 5.67. The first-order valence-electron chi connectivity index (χ1n) is 5.78. The summed E-state index contributed by atoms with van der Waals surface area (Å²) in [7, 11) is 0. The molecular weight excluding hydrogens is 214 g/mol. The van der Waals surface area contributed by atoms with Gasteiger partial charge in [0.25, 0.3) is 0 Å². The largest absolute Gasteiger partial charge is 0.383 e. The summed E-state index contributed by atoms with van der Waals surface area (Å²) in [6.07, 6.45) is 1.67. The van der Waals surface area contributed by atoms with Gasteiger partial charge in [0.2, 0.25) is 0 Å². The third-order valence-electron chi connectivity index (χ3n) is 2.85. The minimum atomic E-state index is 0.435. The molecule has 4 heteroatoms. The molecule has 2 heterocycles. The summed E-state index contributed by atoms with van der Waals surface area (Å²) >= 11 is 0. The zero-order chi connectivity index (χ0) is 12.1. The molecule has 0 spiro atoms. The molecule has 90 valence electrons. The van der Waals surface area contributed by atoms with Crippen molar-refractivity contribution in [2.24, 2.45) is 0 Å². The molecular formula is C13H17N3O. The second-order valence-electron chi connectivity index (χ2n) is 4.13. The van der Waals surface area contributed by atoms with Crippen LogP contribution in [0.4, 0.5) is 5.82 Å². The predicted octanol–water partition coefficient (Wildman–Crippen LogP) is 0.736. The van der Waals surface area contributed by atoms with Crippen LogP contribution in [0.25, 0.3) is 0 Å². The third kappa shape index (κ3) is 3.19. The molecule has 1 saturated heterocycles. The van der Waals surface area contributed by atoms with Crippen LogP contribution in [0.5, 0.6) is 0 Å². The van der Waals surface area contributed by atoms with Crippen LogP contribution in [-0.4, -0.2) is 42.2 Å². The lowest BCUT2D eigenvalue weighted by molar-refractivity contribution is 0.00654. The van der Waals surface area contributed by atoms with Crippen molar-refractivity contribution in [2.75, 3.05) is 32.0 Å². The molecule has 4 nitrogen and oxygen atoms in total. The van der Waals surface area contributed by atoms with E-state index in [1.807, 2.05) is 12.1 Å². The van der Waals surface area contributed by atoms with Crippen LogP contribution in [0.3, 0.4) is 0 Å². The number of morpholine rings is 1. The van der Waals surface area contributed by atoms with E-state index in [0.717, 1.165) is 31.9 Å². The summed E-state index contributed by atoms with van der Waals surface area (Å²) in [5, 5.41) is 0. The van der Waals surface area contributed by atoms with Crippen molar-refractivity contribution in [3.05, 3.63) is 23.9 Å². The molecule has 1 aliphatic rings. The van der Waals surface area contributed by atoms with Crippen molar-refractivity contribution < 1.29 is 4.74 Å². The fourth-order valence-corrected chi connectivity index (χ4v) is 1.76. The third-order valence-corrected chi connectivity index (χ3v) is 2.85. The van der Waals surface area contributed by atoms with E-state index < -0.39 is 0 Å². The average Bonchev–Trinajstić information content (AvgIpc) is 2.34. The number of anilines is 1. The first kappa shape index (κ1) is 11.9. The summed E-state index contributed by atoms with van der Waals surface area (Å²) < 4.78 is 5.38. The van der Waals surface area contributed by atoms with Gasteiger partial charge in [-0.1, -0.05) is 11.8 Å². The lowest BCUT2D eigenvalue weighted by atomic mass is 10.2. The maximum atomic E-state index is 5.72. The summed E-state index contributed by atoms with van der Waals surface area (Å²) in [6, 6.07) is 4.17. The van der Waals surface area contributed by atoms with Gasteiger partial charge in [-0.15, -0.1) is 0 Å². The Labute approximate surface area is 102 Å². The van der Waals surface area contributed by atoms with Gasteiger partial charge >= 0.3 is 0 Å². The Morgan fingerprint density at radius 1 is 1.65 bits per heavy atom. The molecule has 0 aliphatic carbocycles. The molecule has 1 atom stereocenters. The van der Waals surface area contributed by atoms with E-state index in [9.17, 15) is 0 Å². The number of hydrogen-bond donors (Lipinski definition) is 1. The molecule has 2 rings (SSSR count). The number of aromatic nitrogens is 1. The van der Waals surface area contributed by atoms with Gasteiger partial charge in [0.05, 0.1) is 25.3 Å². The van der Waals surface area contributed by atoms with Gasteiger partial charge < -0.3 is 10.5 Å². The standard InChI is InChI=1S/C13H17N3O/c1-11-10-17-9-8-16(11)7-3-5-12-4-2-6-15-13(12)14/h2,4,6,11H,7-10H2,1H3,(H2,14,15). The highest BCUT2D eigenvalue weighted by atomic mass is 16.5. The minimum absolute atomic E-state index is 0.435. The fourth-order valence-electron chi connectivity index (χ4n) is 1.76. The highest BCUT2D eigenvalue weighted by molar-refractivity contribution is 5.50. The van der Waals surface area contributed by atoms with E-state index >= 15 is 0 Å². The van der Waals surface area contributed by atoms with Crippen LogP contribution in [0.15, 0.2) is 18.3 Å². The van der Waals surface area contributed by atoms with Crippen LogP contribution < -0.4 is 5.73 Å². The van der Waals surface area contributed by atoms with Gasteiger partial charge in [-0.2, -0.15) is 0 Å². The van der Waals surface area contributed by atoms with Crippen molar-refractivity contribution in [1.29, 1.82) is 0 Å². The lowest BCUT2D eigenvalue weighted by Crippen LogP contribution is -2.43. The number of hydrogen-bond acceptors (Lipinski definition) is 4. The molecule has 0 saturated carbocycles. The average molecular weight is 231 g/mol. The Balaban J connectivity index is 1.96. The van der Waals surface area contributed by atoms with Crippen LogP contribution in [0.2, 0.25) is 0 Å². The predicted molar refractivity (Wildman–Crippen MR) is 67.4 cm³/mol. The number of pyridine rings is 1. The number of nitrogens with two attached hydrogens (primary N) is 1. The van der Waals surface area contributed by atoms with E-state index in [2.05, 4.69) is 28.6 Å². The van der Waals surface area contributed by atoms with Crippen molar-refractivity contribution in [1.82, 2.24) is 9.88 Å². The topological polar surface area (TPSA) is 51.4 Å². The van der Waals surface area contributed by atoms with Crippen LogP contribution in [-0.2, 0) is 4.74 Å². The summed E-state index contributed by atoms with van der Waals surface area (Å²) in [6.45, 7) is 5.42. The Morgan fingerprint density at radius 3 is 3.29 bits per heavy atom. The van der Waals surface area contributed by atoms with Gasteiger partial charge in [-0.05, 0) is 19.1 Å². The molecule has 17 heavy (non-hydrogen) atoms. The summed E-state index contributed by atoms with van der Waals surface area (Å²) in [5.41, 5.74) is 6.52. The van der Waals surface area contributed by atoms with Gasteiger partial charge in [-0.3, -0.25) is 4.90 Å². The van der Waals surface area contributed by atoms with Crippen LogP contribution >= 0.6 is 0 Å². The number of rotatable bonds is 1. The molecule has 1 aromatic rings. The van der Waals surface area contributed by atoms with Crippen molar-refractivity contribution >= 4 is 5.82 Å². The van der Waals surface area contributed by atoms with E-state index in [1.54, 1.807) is 6.20 Å². The first-order valence-corrected chi connectivity index (χ1v) is 5.78. The van der Waals surface area contributed by atoms with Crippen molar-refractivity contribution in [3.63, 3.8) is 0 Å². The molecule has 0 radical (unpaired) electrons. The summed E-state index contributed by atoms with van der Waals surface area (Å²) in [4.78, 5) is 6.31. The lowest BCUT2D eigenvalue weighted by Gasteiger charge is -2.31. The Hall–Kier alpha value is -1.57. The monoisotopic (exact) mass is 231 g/mol. The molecule has 1 unspecified atom stereocenters. The van der Waals surface area contributed by atoms with E-state index in [-0.39, 0.29) is 0 Å². The van der Waals surface area contributed by atoms with E-state index in [4.69, 9.17) is 10.5 Å². The molecule has 0 aromatic carbocycles. The maximum absolute atomic E-state index is 5.72. The Kier molecular flexibility index (Phi) is 3.97. The van der Waals surface area contributed by atoms with Gasteiger partial charge in [0, 0.05) is 18.8 Å². The molecule has 0 amide bonds. The molecule has 1 aromatic heterocycles. The zero-order valence-corrected chi connectivity index (χ0v) is 10.0. The molecule has 0 bridgehead atoms. The zero-order valence-electron chi connectivity index (χ0n) is 10.0. The van der Waals surface area contributed by atoms with Crippen LogP contribution in [0.1, 0.15) is 12.5 Å². The smallest absolute Gasteiger partial charge is 0.139 e. The van der Waals surface area contributed by atoms with E-state index in [1.165, 1.54) is 0 Å². The normalized spacial score (nSPS) is 20.6. The fraction of sp³-hybridized carbons (Fsp3) is 0.462. The molecule has 1 aliphatic heterocycles. The highest BCUT2D eigenvalue weighted by Crippen LogP contribution is 2.06. The van der Waals surface area contributed by atoms with Gasteiger partial charge in [0.1, 0.15) is 5.82 Å². The quantitative estimate of drug-likeness (QED) is 0.724.